The topological polar surface area (TPSA) is 77.8 Å². The Labute approximate surface area is 114 Å². The van der Waals surface area contributed by atoms with Crippen LogP contribution in [0.15, 0.2) is 0 Å². The van der Waals surface area contributed by atoms with Crippen molar-refractivity contribution in [3.8, 4) is 0 Å². The molecule has 2 N–H and O–H groups in total. The van der Waals surface area contributed by atoms with Gasteiger partial charge in [0.05, 0.1) is 12.0 Å². The molecule has 0 aromatic heterocycles. The lowest BCUT2D eigenvalue weighted by atomic mass is 9.75. The monoisotopic (exact) mass is 271 g/mol. The number of hydrogen-bond donors (Lipinski definition) is 2. The molecule has 0 spiro atoms. The number of carboxylic acids is 1. The fraction of sp³-hybridized carbons (Fsp3) is 0.857. The van der Waals surface area contributed by atoms with E-state index < -0.39 is 11.4 Å². The molecule has 1 saturated carbocycles. The number of carboxylic acid groups (broad SMARTS) is 1. The van der Waals surface area contributed by atoms with Crippen LogP contribution in [-0.2, 0) is 9.59 Å². The van der Waals surface area contributed by atoms with E-state index in [1.807, 2.05) is 13.8 Å². The van der Waals surface area contributed by atoms with Gasteiger partial charge in [0.25, 0.3) is 0 Å². The Kier molecular flexibility index (Phi) is 5.35. The minimum atomic E-state index is -1.05. The summed E-state index contributed by atoms with van der Waals surface area (Å²) < 4.78 is 0. The first-order chi connectivity index (χ1) is 8.82. The number of hydrogen-bond acceptors (Lipinski definition) is 3. The third-order valence-electron chi connectivity index (χ3n) is 4.46. The molecule has 0 bridgehead atoms. The Morgan fingerprint density at radius 2 is 1.95 bits per heavy atom. The van der Waals surface area contributed by atoms with Gasteiger partial charge in [0, 0.05) is 19.0 Å². The summed E-state index contributed by atoms with van der Waals surface area (Å²) in [5, 5.41) is 18.4. The third kappa shape index (κ3) is 3.47. The highest BCUT2D eigenvalue weighted by Crippen LogP contribution is 2.34. The molecule has 1 rings (SSSR count). The van der Waals surface area contributed by atoms with Crippen molar-refractivity contribution in [3.05, 3.63) is 0 Å². The summed E-state index contributed by atoms with van der Waals surface area (Å²) in [6.45, 7) is 5.49. The fourth-order valence-corrected chi connectivity index (χ4v) is 2.26. The van der Waals surface area contributed by atoms with Gasteiger partial charge in [-0.3, -0.25) is 9.59 Å². The number of aliphatic carboxylic acids is 1. The van der Waals surface area contributed by atoms with Gasteiger partial charge in [0.1, 0.15) is 0 Å². The molecule has 1 fully saturated rings. The summed E-state index contributed by atoms with van der Waals surface area (Å²) in [6, 6.07) is 0.185. The maximum absolute atomic E-state index is 12.3. The zero-order chi connectivity index (χ0) is 14.6. The largest absolute Gasteiger partial charge is 0.481 e. The molecule has 0 aromatic carbocycles. The van der Waals surface area contributed by atoms with E-state index in [1.54, 1.807) is 11.8 Å². The summed E-state index contributed by atoms with van der Waals surface area (Å²) in [5.74, 6) is -1.21. The normalized spacial score (nSPS) is 18.8. The third-order valence-corrected chi connectivity index (χ3v) is 4.46. The average Bonchev–Trinajstić information content (AvgIpc) is 2.25. The van der Waals surface area contributed by atoms with Gasteiger partial charge >= 0.3 is 5.97 Å². The lowest BCUT2D eigenvalue weighted by Gasteiger charge is -2.39. The number of rotatable bonds is 7. The van der Waals surface area contributed by atoms with Crippen LogP contribution in [0.2, 0.25) is 0 Å². The predicted octanol–water partition coefficient (Wildman–Crippen LogP) is 1.50. The Morgan fingerprint density at radius 3 is 2.26 bits per heavy atom. The summed E-state index contributed by atoms with van der Waals surface area (Å²) in [5.41, 5.74) is -1.05. The second-order valence-corrected chi connectivity index (χ2v) is 5.95. The van der Waals surface area contributed by atoms with E-state index in [2.05, 4.69) is 0 Å². The van der Waals surface area contributed by atoms with E-state index >= 15 is 0 Å². The zero-order valence-corrected chi connectivity index (χ0v) is 12.1. The van der Waals surface area contributed by atoms with Crippen molar-refractivity contribution in [2.45, 2.75) is 52.5 Å². The van der Waals surface area contributed by atoms with Crippen molar-refractivity contribution < 1.29 is 19.8 Å². The molecule has 0 heterocycles. The first kappa shape index (κ1) is 16.0. The molecule has 1 unspecified atom stereocenters. The fourth-order valence-electron chi connectivity index (χ4n) is 2.26. The summed E-state index contributed by atoms with van der Waals surface area (Å²) in [7, 11) is 0. The van der Waals surface area contributed by atoms with Crippen LogP contribution >= 0.6 is 0 Å². The molecule has 0 radical (unpaired) electrons. The van der Waals surface area contributed by atoms with Crippen molar-refractivity contribution in [2.75, 3.05) is 13.2 Å². The van der Waals surface area contributed by atoms with Gasteiger partial charge in [-0.25, -0.2) is 0 Å². The second kappa shape index (κ2) is 6.37. The van der Waals surface area contributed by atoms with E-state index in [4.69, 9.17) is 5.11 Å². The highest BCUT2D eigenvalue weighted by molar-refractivity contribution is 5.85. The minimum absolute atomic E-state index is 0.00347. The van der Waals surface area contributed by atoms with Crippen LogP contribution < -0.4 is 0 Å². The molecule has 1 aliphatic rings. The molecule has 19 heavy (non-hydrogen) atoms. The molecular formula is C14H25NO4. The Hall–Kier alpha value is -1.10. The van der Waals surface area contributed by atoms with E-state index in [1.165, 1.54) is 0 Å². The minimum Gasteiger partial charge on any atom is -0.481 e. The Bertz CT molecular complexity index is 338. The summed E-state index contributed by atoms with van der Waals surface area (Å²) in [4.78, 5) is 25.4. The maximum atomic E-state index is 12.3. The van der Waals surface area contributed by atoms with Gasteiger partial charge in [-0.05, 0) is 32.1 Å². The Balaban J connectivity index is 2.76. The summed E-state index contributed by atoms with van der Waals surface area (Å²) >= 11 is 0. The number of carbonyl (C=O) groups is 2. The lowest BCUT2D eigenvalue weighted by Crippen LogP contribution is -2.48. The molecule has 1 atom stereocenters. The number of aliphatic hydroxyl groups is 1. The highest BCUT2D eigenvalue weighted by atomic mass is 16.4. The predicted molar refractivity (Wildman–Crippen MR) is 71.6 cm³/mol. The molecule has 1 amide bonds. The van der Waals surface area contributed by atoms with E-state index in [0.29, 0.717) is 6.54 Å². The number of aliphatic hydroxyl groups excluding tert-OH is 1. The van der Waals surface area contributed by atoms with Gasteiger partial charge in [-0.2, -0.15) is 0 Å². The van der Waals surface area contributed by atoms with E-state index in [0.717, 1.165) is 19.3 Å². The zero-order valence-electron chi connectivity index (χ0n) is 12.1. The first-order valence-corrected chi connectivity index (χ1v) is 6.96. The SMILES string of the molecule is CC(C)C(C)(CC(=O)N(CCO)C1CCC1)C(=O)O. The van der Waals surface area contributed by atoms with E-state index in [-0.39, 0.29) is 30.9 Å². The average molecular weight is 271 g/mol. The van der Waals surface area contributed by atoms with Crippen LogP contribution in [-0.4, -0.2) is 46.2 Å². The first-order valence-electron chi connectivity index (χ1n) is 6.96. The van der Waals surface area contributed by atoms with Crippen molar-refractivity contribution >= 4 is 11.9 Å². The molecular weight excluding hydrogens is 246 g/mol. The molecule has 110 valence electrons. The van der Waals surface area contributed by atoms with Gasteiger partial charge in [-0.1, -0.05) is 13.8 Å². The van der Waals surface area contributed by atoms with Crippen LogP contribution in [0.25, 0.3) is 0 Å². The molecule has 0 aromatic rings. The van der Waals surface area contributed by atoms with Crippen molar-refractivity contribution in [1.29, 1.82) is 0 Å². The quantitative estimate of drug-likeness (QED) is 0.735. The van der Waals surface area contributed by atoms with Crippen LogP contribution in [0.4, 0.5) is 0 Å². The standard InChI is InChI=1S/C14H25NO4/c1-10(2)14(3,13(18)19)9-12(17)15(7-8-16)11-5-4-6-11/h10-11,16H,4-9H2,1-3H3,(H,18,19). The maximum Gasteiger partial charge on any atom is 0.310 e. The van der Waals surface area contributed by atoms with Gasteiger partial charge in [0.2, 0.25) is 5.91 Å². The van der Waals surface area contributed by atoms with Crippen molar-refractivity contribution in [1.82, 2.24) is 4.90 Å². The van der Waals surface area contributed by atoms with Crippen molar-refractivity contribution in [2.24, 2.45) is 11.3 Å². The Morgan fingerprint density at radius 1 is 1.37 bits per heavy atom. The van der Waals surface area contributed by atoms with E-state index in [9.17, 15) is 14.7 Å². The second-order valence-electron chi connectivity index (χ2n) is 5.95. The molecule has 0 aliphatic heterocycles. The summed E-state index contributed by atoms with van der Waals surface area (Å²) in [6.07, 6.45) is 3.01. The van der Waals surface area contributed by atoms with Crippen LogP contribution in [0, 0.1) is 11.3 Å². The molecule has 1 aliphatic carbocycles. The van der Waals surface area contributed by atoms with Crippen LogP contribution in [0.1, 0.15) is 46.5 Å². The highest BCUT2D eigenvalue weighted by Gasteiger charge is 2.41. The number of carbonyl (C=O) groups excluding carboxylic acids is 1. The van der Waals surface area contributed by atoms with Crippen LogP contribution in [0.5, 0.6) is 0 Å². The number of amides is 1. The van der Waals surface area contributed by atoms with Crippen LogP contribution in [0.3, 0.4) is 0 Å². The molecule has 5 nitrogen and oxygen atoms in total. The van der Waals surface area contributed by atoms with Gasteiger partial charge < -0.3 is 15.1 Å². The molecule has 0 saturated heterocycles. The van der Waals surface area contributed by atoms with Gasteiger partial charge in [-0.15, -0.1) is 0 Å². The molecule has 5 heteroatoms. The smallest absolute Gasteiger partial charge is 0.310 e. The lowest BCUT2D eigenvalue weighted by molar-refractivity contribution is -0.156. The van der Waals surface area contributed by atoms with Gasteiger partial charge in [0.15, 0.2) is 0 Å². The van der Waals surface area contributed by atoms with Crippen molar-refractivity contribution in [3.63, 3.8) is 0 Å². The number of nitrogens with zero attached hydrogens (tertiary/aromatic N) is 1.